The molecule has 0 radical (unpaired) electrons. The van der Waals surface area contributed by atoms with Crippen LogP contribution in [0.1, 0.15) is 17.5 Å². The highest BCUT2D eigenvalue weighted by molar-refractivity contribution is 6.43. The molecule has 3 aromatic rings. The molecule has 1 aromatic carbocycles. The number of halogens is 2. The number of ether oxygens (including phenoxy) is 3. The molecule has 10 heteroatoms. The first-order valence-electron chi connectivity index (χ1n) is 10.2. The van der Waals surface area contributed by atoms with E-state index in [1.54, 1.807) is 6.07 Å². The third-order valence-electron chi connectivity index (χ3n) is 5.32. The molecular formula is C21H25Cl2N5O3. The predicted octanol–water partition coefficient (Wildman–Crippen LogP) is 3.46. The minimum atomic E-state index is 0.291. The Hall–Kier alpha value is -2.13. The normalized spacial score (nSPS) is 14.8. The molecule has 0 spiro atoms. The zero-order chi connectivity index (χ0) is 21.8. The van der Waals surface area contributed by atoms with Crippen molar-refractivity contribution in [2.45, 2.75) is 19.4 Å². The van der Waals surface area contributed by atoms with Crippen LogP contribution in [0.15, 0.2) is 18.5 Å². The fourth-order valence-electron chi connectivity index (χ4n) is 3.70. The highest BCUT2D eigenvalue weighted by atomic mass is 35.5. The van der Waals surface area contributed by atoms with E-state index in [1.807, 2.05) is 17.1 Å². The second-order valence-corrected chi connectivity index (χ2v) is 8.15. The lowest BCUT2D eigenvalue weighted by molar-refractivity contribution is 0.0374. The lowest BCUT2D eigenvalue weighted by Gasteiger charge is -2.26. The largest absolute Gasteiger partial charge is 0.477 e. The summed E-state index contributed by atoms with van der Waals surface area (Å²) in [7, 11) is 3.04. The Kier molecular flexibility index (Phi) is 7.12. The van der Waals surface area contributed by atoms with Gasteiger partial charge in [0.05, 0.1) is 61.3 Å². The Morgan fingerprint density at radius 1 is 1.10 bits per heavy atom. The van der Waals surface area contributed by atoms with Crippen molar-refractivity contribution in [3.63, 3.8) is 0 Å². The maximum Gasteiger partial charge on any atom is 0.278 e. The maximum atomic E-state index is 6.54. The highest BCUT2D eigenvalue weighted by Gasteiger charge is 2.18. The average Bonchev–Trinajstić information content (AvgIpc) is 3.24. The summed E-state index contributed by atoms with van der Waals surface area (Å²) in [5.41, 5.74) is 3.11. The molecule has 0 bridgehead atoms. The highest BCUT2D eigenvalue weighted by Crippen LogP contribution is 2.35. The van der Waals surface area contributed by atoms with Gasteiger partial charge in [0.25, 0.3) is 11.8 Å². The van der Waals surface area contributed by atoms with Gasteiger partial charge >= 0.3 is 0 Å². The van der Waals surface area contributed by atoms with Gasteiger partial charge in [0.1, 0.15) is 0 Å². The summed E-state index contributed by atoms with van der Waals surface area (Å²) in [6.45, 7) is 5.15. The molecule has 0 amide bonds. The molecule has 0 unspecified atom stereocenters. The number of nitrogens with zero attached hydrogens (tertiary/aromatic N) is 5. The summed E-state index contributed by atoms with van der Waals surface area (Å²) in [6.07, 6.45) is 5.98. The van der Waals surface area contributed by atoms with Gasteiger partial charge < -0.3 is 14.2 Å². The summed E-state index contributed by atoms with van der Waals surface area (Å²) in [5.74, 6) is 0.583. The molecule has 0 atom stereocenters. The molecule has 3 heterocycles. The maximum absolute atomic E-state index is 6.54. The number of aromatic nitrogens is 4. The van der Waals surface area contributed by atoms with Gasteiger partial charge in [0.15, 0.2) is 0 Å². The van der Waals surface area contributed by atoms with Crippen molar-refractivity contribution in [1.29, 1.82) is 0 Å². The third-order valence-corrected chi connectivity index (χ3v) is 6.15. The molecule has 1 saturated heterocycles. The lowest BCUT2D eigenvalue weighted by atomic mass is 10.1. The SMILES string of the molecule is COc1nc2cc(Cl)c(Cl)c(Cn3cc(CCCN4CCOCC4)cn3)c2nc1OC. The van der Waals surface area contributed by atoms with Crippen LogP contribution in [0.4, 0.5) is 0 Å². The van der Waals surface area contributed by atoms with Gasteiger partial charge in [-0.3, -0.25) is 9.58 Å². The Morgan fingerprint density at radius 3 is 2.58 bits per heavy atom. The summed E-state index contributed by atoms with van der Waals surface area (Å²) < 4.78 is 17.8. The van der Waals surface area contributed by atoms with Gasteiger partial charge in [0, 0.05) is 24.8 Å². The molecule has 4 rings (SSSR count). The Balaban J connectivity index is 1.52. The first-order valence-corrected chi connectivity index (χ1v) is 10.9. The molecular weight excluding hydrogens is 441 g/mol. The van der Waals surface area contributed by atoms with Crippen molar-refractivity contribution in [1.82, 2.24) is 24.6 Å². The number of aryl methyl sites for hydroxylation is 1. The molecule has 1 fully saturated rings. The fraction of sp³-hybridized carbons (Fsp3) is 0.476. The first kappa shape index (κ1) is 22.1. The van der Waals surface area contributed by atoms with E-state index < -0.39 is 0 Å². The number of hydrogen-bond acceptors (Lipinski definition) is 7. The average molecular weight is 466 g/mol. The zero-order valence-corrected chi connectivity index (χ0v) is 19.1. The van der Waals surface area contributed by atoms with Gasteiger partial charge in [-0.05, 0) is 31.0 Å². The van der Waals surface area contributed by atoms with E-state index in [4.69, 9.17) is 37.4 Å². The number of rotatable bonds is 8. The van der Waals surface area contributed by atoms with Crippen molar-refractivity contribution in [2.24, 2.45) is 0 Å². The van der Waals surface area contributed by atoms with Crippen LogP contribution >= 0.6 is 23.2 Å². The zero-order valence-electron chi connectivity index (χ0n) is 17.6. The molecule has 166 valence electrons. The quantitative estimate of drug-likeness (QED) is 0.503. The van der Waals surface area contributed by atoms with Crippen LogP contribution in [-0.4, -0.2) is 71.7 Å². The second kappa shape index (κ2) is 9.99. The van der Waals surface area contributed by atoms with Crippen molar-refractivity contribution in [2.75, 3.05) is 47.1 Å². The molecule has 1 aliphatic heterocycles. The van der Waals surface area contributed by atoms with Crippen molar-refractivity contribution in [3.8, 4) is 11.8 Å². The Bertz CT molecular complexity index is 1050. The van der Waals surface area contributed by atoms with Crippen LogP contribution in [0.5, 0.6) is 11.8 Å². The molecule has 2 aromatic heterocycles. The van der Waals surface area contributed by atoms with Crippen molar-refractivity contribution < 1.29 is 14.2 Å². The van der Waals surface area contributed by atoms with E-state index in [0.29, 0.717) is 39.4 Å². The molecule has 1 aliphatic rings. The standard InChI is InChI=1S/C21H25Cl2N5O3/c1-29-20-21(30-2)26-19-15(18(23)16(22)10-17(19)25-20)13-28-12-14(11-24-28)4-3-5-27-6-8-31-9-7-27/h10-12H,3-9,13H2,1-2H3. The summed E-state index contributed by atoms with van der Waals surface area (Å²) in [5, 5.41) is 5.34. The van der Waals surface area contributed by atoms with Crippen LogP contribution in [0.2, 0.25) is 10.0 Å². The van der Waals surface area contributed by atoms with Crippen molar-refractivity contribution in [3.05, 3.63) is 39.6 Å². The number of fused-ring (bicyclic) bond motifs is 1. The van der Waals surface area contributed by atoms with Crippen LogP contribution in [0.3, 0.4) is 0 Å². The van der Waals surface area contributed by atoms with E-state index in [2.05, 4.69) is 20.0 Å². The topological polar surface area (TPSA) is 74.5 Å². The lowest BCUT2D eigenvalue weighted by Crippen LogP contribution is -2.36. The fourth-order valence-corrected chi connectivity index (χ4v) is 4.12. The Morgan fingerprint density at radius 2 is 1.84 bits per heavy atom. The minimum Gasteiger partial charge on any atom is -0.477 e. The number of morpholine rings is 1. The van der Waals surface area contributed by atoms with E-state index in [1.165, 1.54) is 19.8 Å². The summed E-state index contributed by atoms with van der Waals surface area (Å²) in [6, 6.07) is 1.68. The first-order chi connectivity index (χ1) is 15.1. The van der Waals surface area contributed by atoms with Gasteiger partial charge in [-0.1, -0.05) is 23.2 Å². The number of benzene rings is 1. The number of methoxy groups -OCH3 is 2. The van der Waals surface area contributed by atoms with Crippen molar-refractivity contribution >= 4 is 34.2 Å². The Labute approximate surface area is 191 Å². The number of hydrogen-bond donors (Lipinski definition) is 0. The van der Waals surface area contributed by atoms with Crippen LogP contribution in [0, 0.1) is 0 Å². The van der Waals surface area contributed by atoms with E-state index in [0.717, 1.165) is 51.3 Å². The van der Waals surface area contributed by atoms with Gasteiger partial charge in [-0.15, -0.1) is 0 Å². The molecule has 0 saturated carbocycles. The van der Waals surface area contributed by atoms with Crippen LogP contribution in [-0.2, 0) is 17.7 Å². The smallest absolute Gasteiger partial charge is 0.278 e. The second-order valence-electron chi connectivity index (χ2n) is 7.36. The third kappa shape index (κ3) is 5.03. The van der Waals surface area contributed by atoms with Crippen LogP contribution < -0.4 is 9.47 Å². The molecule has 0 N–H and O–H groups in total. The summed E-state index contributed by atoms with van der Waals surface area (Å²) >= 11 is 12.9. The predicted molar refractivity (Wildman–Crippen MR) is 120 cm³/mol. The van der Waals surface area contributed by atoms with Gasteiger partial charge in [-0.2, -0.15) is 5.10 Å². The molecule has 31 heavy (non-hydrogen) atoms. The molecule has 0 aliphatic carbocycles. The van der Waals surface area contributed by atoms with Gasteiger partial charge in [0.2, 0.25) is 0 Å². The van der Waals surface area contributed by atoms with E-state index in [9.17, 15) is 0 Å². The minimum absolute atomic E-state index is 0.291. The monoisotopic (exact) mass is 465 g/mol. The van der Waals surface area contributed by atoms with Crippen LogP contribution in [0.25, 0.3) is 11.0 Å². The van der Waals surface area contributed by atoms with E-state index >= 15 is 0 Å². The molecule has 8 nitrogen and oxygen atoms in total. The summed E-state index contributed by atoms with van der Waals surface area (Å²) in [4.78, 5) is 11.5. The van der Waals surface area contributed by atoms with E-state index in [-0.39, 0.29) is 0 Å². The van der Waals surface area contributed by atoms with Gasteiger partial charge in [-0.25, -0.2) is 9.97 Å².